The summed E-state index contributed by atoms with van der Waals surface area (Å²) in [6, 6.07) is 50.1. The predicted molar refractivity (Wildman–Crippen MR) is 181 cm³/mol. The third kappa shape index (κ3) is 5.18. The van der Waals surface area contributed by atoms with E-state index in [4.69, 9.17) is 4.74 Å². The molecule has 1 heterocycles. The third-order valence-electron chi connectivity index (χ3n) is 8.25. The molecule has 7 rings (SSSR count). The molecule has 6 aromatic rings. The first-order valence-corrected chi connectivity index (χ1v) is 15.3. The van der Waals surface area contributed by atoms with Gasteiger partial charge in [0.25, 0.3) is 0 Å². The Bertz CT molecular complexity index is 1900. The summed E-state index contributed by atoms with van der Waals surface area (Å²) in [5.41, 5.74) is 10.4. The topological polar surface area (TPSA) is 29.5 Å². The van der Waals surface area contributed by atoms with Crippen molar-refractivity contribution in [3.63, 3.8) is 0 Å². The minimum Gasteiger partial charge on any atom is -0.453 e. The lowest BCUT2D eigenvalue weighted by atomic mass is 9.87. The van der Waals surface area contributed by atoms with Gasteiger partial charge in [-0.3, -0.25) is 4.79 Å². The first-order chi connectivity index (χ1) is 21.7. The zero-order valence-electron chi connectivity index (χ0n) is 24.7. The SMILES string of the molecule is CCCCC(=O)c1ccc(-c2ccc(N3c4ccccc4Oc4ccccc43)cc2-c2ccccc2)c(-c2ccccc2)c1. The van der Waals surface area contributed by atoms with Crippen molar-refractivity contribution < 1.29 is 9.53 Å². The van der Waals surface area contributed by atoms with E-state index in [2.05, 4.69) is 103 Å². The zero-order chi connectivity index (χ0) is 29.9. The predicted octanol–water partition coefficient (Wildman–Crippen LogP) is 11.6. The first kappa shape index (κ1) is 27.4. The lowest BCUT2D eigenvalue weighted by Crippen LogP contribution is -2.15. The molecule has 0 unspecified atom stereocenters. The number of benzene rings is 6. The number of carbonyl (C=O) groups excluding carboxylic acids is 1. The summed E-state index contributed by atoms with van der Waals surface area (Å²) in [7, 11) is 0. The molecule has 0 amide bonds. The van der Waals surface area contributed by atoms with Gasteiger partial charge in [0, 0.05) is 17.7 Å². The molecule has 0 saturated heterocycles. The van der Waals surface area contributed by atoms with Crippen LogP contribution in [-0.2, 0) is 0 Å². The Hall–Kier alpha value is -5.41. The molecule has 3 heteroatoms. The Morgan fingerprint density at radius 3 is 1.68 bits per heavy atom. The molecule has 0 radical (unpaired) electrons. The van der Waals surface area contributed by atoms with E-state index in [1.54, 1.807) is 0 Å². The van der Waals surface area contributed by atoms with E-state index in [-0.39, 0.29) is 5.78 Å². The maximum atomic E-state index is 13.1. The van der Waals surface area contributed by atoms with Crippen LogP contribution in [0.25, 0.3) is 33.4 Å². The van der Waals surface area contributed by atoms with Crippen LogP contribution in [0.2, 0.25) is 0 Å². The van der Waals surface area contributed by atoms with Gasteiger partial charge < -0.3 is 9.64 Å². The molecule has 6 aromatic carbocycles. The smallest absolute Gasteiger partial charge is 0.162 e. The number of rotatable bonds is 8. The fraction of sp³-hybridized carbons (Fsp3) is 0.0976. The molecule has 0 saturated carbocycles. The quantitative estimate of drug-likeness (QED) is 0.170. The molecular formula is C41H33NO2. The van der Waals surface area contributed by atoms with Gasteiger partial charge in [-0.15, -0.1) is 0 Å². The van der Waals surface area contributed by atoms with Crippen molar-refractivity contribution in [3.05, 3.63) is 151 Å². The van der Waals surface area contributed by atoms with Crippen molar-refractivity contribution >= 4 is 22.8 Å². The van der Waals surface area contributed by atoms with Crippen molar-refractivity contribution in [2.45, 2.75) is 26.2 Å². The number of ether oxygens (including phenoxy) is 1. The van der Waals surface area contributed by atoms with Crippen molar-refractivity contribution in [1.29, 1.82) is 0 Å². The molecule has 0 aliphatic carbocycles. The average molecular weight is 572 g/mol. The standard InChI is InChI=1S/C41H33NO2/c1-2-3-20-39(43)31-23-25-33(35(27-31)29-14-6-4-7-15-29)34-26-24-32(28-36(34)30-16-8-5-9-17-30)42-37-18-10-12-21-40(37)44-41-22-13-11-19-38(41)42/h4-19,21-28H,2-3,20H2,1H3. The van der Waals surface area contributed by atoms with E-state index < -0.39 is 0 Å². The molecule has 0 N–H and O–H groups in total. The van der Waals surface area contributed by atoms with E-state index >= 15 is 0 Å². The molecule has 0 aromatic heterocycles. The molecule has 0 fully saturated rings. The number of carbonyl (C=O) groups is 1. The van der Waals surface area contributed by atoms with E-state index in [0.29, 0.717) is 6.42 Å². The second-order valence-corrected chi connectivity index (χ2v) is 11.1. The molecule has 44 heavy (non-hydrogen) atoms. The van der Waals surface area contributed by atoms with Gasteiger partial charge in [0.15, 0.2) is 17.3 Å². The molecular weight excluding hydrogens is 538 g/mol. The van der Waals surface area contributed by atoms with Gasteiger partial charge in [0.1, 0.15) is 0 Å². The van der Waals surface area contributed by atoms with Crippen LogP contribution in [0.15, 0.2) is 146 Å². The number of hydrogen-bond acceptors (Lipinski definition) is 3. The Morgan fingerprint density at radius 1 is 0.568 bits per heavy atom. The Kier molecular flexibility index (Phi) is 7.52. The summed E-state index contributed by atoms with van der Waals surface area (Å²) < 4.78 is 6.29. The van der Waals surface area contributed by atoms with Gasteiger partial charge >= 0.3 is 0 Å². The van der Waals surface area contributed by atoms with E-state index in [0.717, 1.165) is 80.3 Å². The first-order valence-electron chi connectivity index (χ1n) is 15.3. The van der Waals surface area contributed by atoms with Gasteiger partial charge in [-0.1, -0.05) is 116 Å². The second-order valence-electron chi connectivity index (χ2n) is 11.1. The summed E-state index contributed by atoms with van der Waals surface area (Å²) in [5.74, 6) is 1.84. The summed E-state index contributed by atoms with van der Waals surface area (Å²) in [6.07, 6.45) is 2.46. The summed E-state index contributed by atoms with van der Waals surface area (Å²) in [6.45, 7) is 2.12. The minimum atomic E-state index is 0.193. The van der Waals surface area contributed by atoms with Crippen molar-refractivity contribution in [2.75, 3.05) is 4.90 Å². The van der Waals surface area contributed by atoms with Crippen LogP contribution in [0.5, 0.6) is 11.5 Å². The van der Waals surface area contributed by atoms with E-state index in [1.165, 1.54) is 0 Å². The van der Waals surface area contributed by atoms with Crippen LogP contribution in [0.3, 0.4) is 0 Å². The molecule has 1 aliphatic rings. The van der Waals surface area contributed by atoms with Gasteiger partial charge in [-0.25, -0.2) is 0 Å². The number of nitrogens with zero attached hydrogens (tertiary/aromatic N) is 1. The van der Waals surface area contributed by atoms with Crippen LogP contribution >= 0.6 is 0 Å². The molecule has 0 atom stereocenters. The number of Topliss-reactive ketones (excluding diaryl/α,β-unsaturated/α-hetero) is 1. The van der Waals surface area contributed by atoms with Gasteiger partial charge in [0.2, 0.25) is 0 Å². The highest BCUT2D eigenvalue weighted by atomic mass is 16.5. The van der Waals surface area contributed by atoms with Crippen LogP contribution in [-0.4, -0.2) is 5.78 Å². The highest BCUT2D eigenvalue weighted by Crippen LogP contribution is 2.51. The minimum absolute atomic E-state index is 0.193. The normalized spacial score (nSPS) is 11.8. The fourth-order valence-corrected chi connectivity index (χ4v) is 6.04. The number of anilines is 3. The number of hydrogen-bond donors (Lipinski definition) is 0. The Labute approximate surface area is 259 Å². The highest BCUT2D eigenvalue weighted by Gasteiger charge is 2.26. The Balaban J connectivity index is 1.43. The molecule has 0 bridgehead atoms. The number of para-hydroxylation sites is 4. The second kappa shape index (κ2) is 12.1. The largest absolute Gasteiger partial charge is 0.453 e. The number of ketones is 1. The number of unbranched alkanes of at least 4 members (excludes halogenated alkanes) is 1. The summed E-state index contributed by atoms with van der Waals surface area (Å²) >= 11 is 0. The highest BCUT2D eigenvalue weighted by molar-refractivity contribution is 6.01. The molecule has 0 spiro atoms. The lowest BCUT2D eigenvalue weighted by molar-refractivity contribution is 0.0980. The van der Waals surface area contributed by atoms with Gasteiger partial charge in [0.05, 0.1) is 11.4 Å². The summed E-state index contributed by atoms with van der Waals surface area (Å²) in [4.78, 5) is 15.4. The van der Waals surface area contributed by atoms with E-state index in [9.17, 15) is 4.79 Å². The Morgan fingerprint density at radius 2 is 1.09 bits per heavy atom. The number of fused-ring (bicyclic) bond motifs is 2. The molecule has 214 valence electrons. The zero-order valence-corrected chi connectivity index (χ0v) is 24.7. The fourth-order valence-electron chi connectivity index (χ4n) is 6.04. The third-order valence-corrected chi connectivity index (χ3v) is 8.25. The molecule has 3 nitrogen and oxygen atoms in total. The average Bonchev–Trinajstić information content (AvgIpc) is 3.10. The summed E-state index contributed by atoms with van der Waals surface area (Å²) in [5, 5.41) is 0. The lowest BCUT2D eigenvalue weighted by Gasteiger charge is -2.33. The van der Waals surface area contributed by atoms with Crippen molar-refractivity contribution in [3.8, 4) is 44.9 Å². The van der Waals surface area contributed by atoms with Crippen LogP contribution < -0.4 is 9.64 Å². The molecule has 1 aliphatic heterocycles. The van der Waals surface area contributed by atoms with Crippen LogP contribution in [0.4, 0.5) is 17.1 Å². The van der Waals surface area contributed by atoms with Crippen molar-refractivity contribution in [1.82, 2.24) is 0 Å². The monoisotopic (exact) mass is 571 g/mol. The van der Waals surface area contributed by atoms with Crippen LogP contribution in [0, 0.1) is 0 Å². The maximum Gasteiger partial charge on any atom is 0.162 e. The van der Waals surface area contributed by atoms with Gasteiger partial charge in [-0.2, -0.15) is 0 Å². The van der Waals surface area contributed by atoms with Gasteiger partial charge in [-0.05, 0) is 82.3 Å². The van der Waals surface area contributed by atoms with Crippen molar-refractivity contribution in [2.24, 2.45) is 0 Å². The van der Waals surface area contributed by atoms with Crippen LogP contribution in [0.1, 0.15) is 36.5 Å². The van der Waals surface area contributed by atoms with E-state index in [1.807, 2.05) is 54.6 Å². The maximum absolute atomic E-state index is 13.1.